The average molecular weight is 318 g/mol. The van der Waals surface area contributed by atoms with Crippen LogP contribution < -0.4 is 0 Å². The second-order valence-electron chi connectivity index (χ2n) is 8.30. The maximum Gasteiger partial charge on any atom is 0.305 e. The number of rotatable bonds is 7. The SMILES string of the molecule is CCC(C)CCOC(=O)CCC1CC2OC1C1C3C=CC(C3)C21. The summed E-state index contributed by atoms with van der Waals surface area (Å²) in [5.74, 6) is 4.28. The van der Waals surface area contributed by atoms with Gasteiger partial charge in [-0.25, -0.2) is 0 Å². The highest BCUT2D eigenvalue weighted by Gasteiger charge is 2.62. The van der Waals surface area contributed by atoms with Gasteiger partial charge >= 0.3 is 5.97 Å². The molecule has 1 saturated carbocycles. The van der Waals surface area contributed by atoms with Crippen molar-refractivity contribution in [1.82, 2.24) is 0 Å². The summed E-state index contributed by atoms with van der Waals surface area (Å²) >= 11 is 0. The largest absolute Gasteiger partial charge is 0.466 e. The second-order valence-corrected chi connectivity index (χ2v) is 8.30. The van der Waals surface area contributed by atoms with E-state index in [-0.39, 0.29) is 5.97 Å². The molecule has 3 nitrogen and oxygen atoms in total. The van der Waals surface area contributed by atoms with Crippen LogP contribution in [0, 0.1) is 35.5 Å². The standard InChI is InChI=1S/C20H30O3/c1-3-12(2)8-9-22-17(21)7-6-15-11-16-18-13-4-5-14(10-13)19(18)20(15)23-16/h4-5,12-16,18-20H,3,6-11H2,1-2H3. The molecule has 0 N–H and O–H groups in total. The van der Waals surface area contributed by atoms with Crippen LogP contribution in [0.3, 0.4) is 0 Å². The van der Waals surface area contributed by atoms with Crippen molar-refractivity contribution in [2.75, 3.05) is 6.61 Å². The van der Waals surface area contributed by atoms with Gasteiger partial charge in [0.25, 0.3) is 0 Å². The molecular formula is C20H30O3. The first-order valence-electron chi connectivity index (χ1n) is 9.66. The lowest BCUT2D eigenvalue weighted by atomic mass is 9.68. The first kappa shape index (κ1) is 15.7. The highest BCUT2D eigenvalue weighted by molar-refractivity contribution is 5.69. The zero-order valence-electron chi connectivity index (χ0n) is 14.4. The van der Waals surface area contributed by atoms with Gasteiger partial charge in [-0.05, 0) is 61.2 Å². The van der Waals surface area contributed by atoms with Gasteiger partial charge in [0.15, 0.2) is 0 Å². The first-order valence-corrected chi connectivity index (χ1v) is 9.66. The lowest BCUT2D eigenvalue weighted by Gasteiger charge is -2.33. The van der Waals surface area contributed by atoms with Gasteiger partial charge in [0.1, 0.15) is 0 Å². The van der Waals surface area contributed by atoms with E-state index in [0.29, 0.717) is 37.1 Å². The van der Waals surface area contributed by atoms with Crippen LogP contribution in [0.5, 0.6) is 0 Å². The van der Waals surface area contributed by atoms with Crippen LogP contribution in [0.1, 0.15) is 52.4 Å². The molecule has 3 fully saturated rings. The number of carbonyl (C=O) groups is 1. The quantitative estimate of drug-likeness (QED) is 0.526. The molecule has 0 aromatic rings. The fourth-order valence-corrected chi connectivity index (χ4v) is 5.57. The lowest BCUT2D eigenvalue weighted by molar-refractivity contribution is -0.144. The monoisotopic (exact) mass is 318 g/mol. The van der Waals surface area contributed by atoms with E-state index in [9.17, 15) is 4.79 Å². The van der Waals surface area contributed by atoms with Crippen molar-refractivity contribution in [2.45, 2.75) is 64.6 Å². The zero-order valence-corrected chi connectivity index (χ0v) is 14.4. The molecule has 0 radical (unpaired) electrons. The predicted octanol–water partition coefficient (Wildman–Crippen LogP) is 3.97. The van der Waals surface area contributed by atoms with E-state index in [4.69, 9.17) is 9.47 Å². The van der Waals surface area contributed by atoms with E-state index >= 15 is 0 Å². The Labute approximate surface area is 139 Å². The van der Waals surface area contributed by atoms with Crippen molar-refractivity contribution in [3.05, 3.63) is 12.2 Å². The summed E-state index contributed by atoms with van der Waals surface area (Å²) in [6.45, 7) is 4.97. The highest BCUT2D eigenvalue weighted by Crippen LogP contribution is 2.61. The molecule has 2 heterocycles. The summed E-state index contributed by atoms with van der Waals surface area (Å²) in [7, 11) is 0. The fourth-order valence-electron chi connectivity index (χ4n) is 5.57. The van der Waals surface area contributed by atoms with E-state index in [2.05, 4.69) is 26.0 Å². The van der Waals surface area contributed by atoms with E-state index in [1.54, 1.807) is 0 Å². The van der Waals surface area contributed by atoms with Crippen LogP contribution in [0.25, 0.3) is 0 Å². The molecule has 4 aliphatic rings. The Morgan fingerprint density at radius 2 is 2.04 bits per heavy atom. The molecule has 0 spiro atoms. The molecule has 8 unspecified atom stereocenters. The van der Waals surface area contributed by atoms with Crippen LogP contribution in [-0.2, 0) is 14.3 Å². The molecule has 0 aromatic carbocycles. The molecule has 4 rings (SSSR count). The second kappa shape index (κ2) is 6.23. The van der Waals surface area contributed by atoms with E-state index < -0.39 is 0 Å². The van der Waals surface area contributed by atoms with Crippen LogP contribution >= 0.6 is 0 Å². The number of esters is 1. The average Bonchev–Trinajstić information content (AvgIpc) is 3.30. The van der Waals surface area contributed by atoms with Crippen molar-refractivity contribution < 1.29 is 14.3 Å². The first-order chi connectivity index (χ1) is 11.2. The normalized spacial score (nSPS) is 43.8. The van der Waals surface area contributed by atoms with Gasteiger partial charge in [0.05, 0.1) is 18.8 Å². The summed E-state index contributed by atoms with van der Waals surface area (Å²) in [5.41, 5.74) is 0. The van der Waals surface area contributed by atoms with Gasteiger partial charge < -0.3 is 9.47 Å². The third kappa shape index (κ3) is 2.75. The minimum absolute atomic E-state index is 0.0135. The minimum Gasteiger partial charge on any atom is -0.466 e. The summed E-state index contributed by atoms with van der Waals surface area (Å²) in [6.07, 6.45) is 11.9. The van der Waals surface area contributed by atoms with Crippen molar-refractivity contribution in [1.29, 1.82) is 0 Å². The molecule has 0 amide bonds. The van der Waals surface area contributed by atoms with Gasteiger partial charge in [0.2, 0.25) is 0 Å². The Balaban J connectivity index is 1.23. The Bertz CT molecular complexity index is 485. The smallest absolute Gasteiger partial charge is 0.305 e. The van der Waals surface area contributed by atoms with E-state index in [0.717, 1.165) is 42.9 Å². The molecule has 4 bridgehead atoms. The summed E-state index contributed by atoms with van der Waals surface area (Å²) in [6, 6.07) is 0. The summed E-state index contributed by atoms with van der Waals surface area (Å²) in [4.78, 5) is 12.0. The Morgan fingerprint density at radius 3 is 2.83 bits per heavy atom. The van der Waals surface area contributed by atoms with Gasteiger partial charge in [-0.3, -0.25) is 4.79 Å². The van der Waals surface area contributed by atoms with Crippen molar-refractivity contribution in [3.8, 4) is 0 Å². The molecule has 2 aliphatic carbocycles. The number of hydrogen-bond acceptors (Lipinski definition) is 3. The maximum absolute atomic E-state index is 12.0. The molecular weight excluding hydrogens is 288 g/mol. The third-order valence-electron chi connectivity index (χ3n) is 7.01. The van der Waals surface area contributed by atoms with Gasteiger partial charge in [-0.2, -0.15) is 0 Å². The maximum atomic E-state index is 12.0. The molecule has 3 heteroatoms. The molecule has 23 heavy (non-hydrogen) atoms. The van der Waals surface area contributed by atoms with Crippen molar-refractivity contribution >= 4 is 5.97 Å². The van der Waals surface area contributed by atoms with Crippen molar-refractivity contribution in [2.24, 2.45) is 35.5 Å². The number of hydrogen-bond donors (Lipinski definition) is 0. The third-order valence-corrected chi connectivity index (χ3v) is 7.01. The lowest BCUT2D eigenvalue weighted by Crippen LogP contribution is -2.35. The molecule has 2 saturated heterocycles. The van der Waals surface area contributed by atoms with Crippen LogP contribution in [-0.4, -0.2) is 24.8 Å². The number of ether oxygens (including phenoxy) is 2. The Kier molecular flexibility index (Phi) is 4.25. The molecule has 0 aromatic heterocycles. The minimum atomic E-state index is -0.0135. The molecule has 2 aliphatic heterocycles. The summed E-state index contributed by atoms with van der Waals surface area (Å²) < 4.78 is 11.7. The number of fused-ring (bicyclic) bond motifs is 9. The molecule has 8 atom stereocenters. The van der Waals surface area contributed by atoms with Crippen LogP contribution in [0.15, 0.2) is 12.2 Å². The van der Waals surface area contributed by atoms with Crippen LogP contribution in [0.4, 0.5) is 0 Å². The van der Waals surface area contributed by atoms with E-state index in [1.165, 1.54) is 12.8 Å². The van der Waals surface area contributed by atoms with Gasteiger partial charge in [0, 0.05) is 6.42 Å². The van der Waals surface area contributed by atoms with Gasteiger partial charge in [-0.15, -0.1) is 0 Å². The van der Waals surface area contributed by atoms with Crippen LogP contribution in [0.2, 0.25) is 0 Å². The zero-order chi connectivity index (χ0) is 16.0. The highest BCUT2D eigenvalue weighted by atomic mass is 16.5. The van der Waals surface area contributed by atoms with Crippen molar-refractivity contribution in [3.63, 3.8) is 0 Å². The number of allylic oxidation sites excluding steroid dienone is 2. The Morgan fingerprint density at radius 1 is 1.26 bits per heavy atom. The number of carbonyl (C=O) groups excluding carboxylic acids is 1. The van der Waals surface area contributed by atoms with E-state index in [1.807, 2.05) is 0 Å². The van der Waals surface area contributed by atoms with Gasteiger partial charge in [-0.1, -0.05) is 32.4 Å². The summed E-state index contributed by atoms with van der Waals surface area (Å²) in [5, 5.41) is 0. The predicted molar refractivity (Wildman–Crippen MR) is 88.8 cm³/mol. The fraction of sp³-hybridized carbons (Fsp3) is 0.850. The Hall–Kier alpha value is -0.830. The molecule has 128 valence electrons. The topological polar surface area (TPSA) is 35.5 Å².